The van der Waals surface area contributed by atoms with E-state index in [-0.39, 0.29) is 18.8 Å². The smallest absolute Gasteiger partial charge is 0.231 e. The first-order chi connectivity index (χ1) is 11.7. The van der Waals surface area contributed by atoms with Crippen molar-refractivity contribution in [1.82, 2.24) is 0 Å². The summed E-state index contributed by atoms with van der Waals surface area (Å²) in [5.74, 6) is 1.76. The summed E-state index contributed by atoms with van der Waals surface area (Å²) < 4.78 is 30.9. The van der Waals surface area contributed by atoms with E-state index in [1.54, 1.807) is 19.2 Å². The number of ether oxygens (including phenoxy) is 3. The average molecular weight is 331 g/mol. The molecule has 2 aliphatic heterocycles. The monoisotopic (exact) mass is 331 g/mol. The van der Waals surface area contributed by atoms with E-state index >= 15 is 0 Å². The van der Waals surface area contributed by atoms with E-state index in [4.69, 9.17) is 14.2 Å². The largest absolute Gasteiger partial charge is 0.492 e. The maximum Gasteiger partial charge on any atom is 0.231 e. The lowest BCUT2D eigenvalue weighted by atomic mass is 9.94. The van der Waals surface area contributed by atoms with Crippen LogP contribution in [-0.2, 0) is 6.42 Å². The molecule has 1 unspecified atom stereocenters. The van der Waals surface area contributed by atoms with Crippen LogP contribution in [0.3, 0.4) is 0 Å². The molecule has 0 saturated heterocycles. The zero-order valence-electron chi connectivity index (χ0n) is 13.7. The molecule has 4 rings (SSSR count). The van der Waals surface area contributed by atoms with Crippen LogP contribution in [0, 0.1) is 5.82 Å². The molecule has 6 heteroatoms. The number of likely N-dealkylation sites (N-methyl/N-ethyl adjacent to an activating group) is 1. The van der Waals surface area contributed by atoms with Crippen molar-refractivity contribution in [2.24, 2.45) is 0 Å². The predicted octanol–water partition coefficient (Wildman–Crippen LogP) is 1.74. The van der Waals surface area contributed by atoms with Gasteiger partial charge in [-0.3, -0.25) is 0 Å². The van der Waals surface area contributed by atoms with Gasteiger partial charge in [0, 0.05) is 6.42 Å². The molecule has 2 aromatic rings. The number of quaternary nitrogens is 1. The number of hydrogen-bond donors (Lipinski definition) is 2. The van der Waals surface area contributed by atoms with Gasteiger partial charge in [-0.2, -0.15) is 0 Å². The fourth-order valence-corrected chi connectivity index (χ4v) is 3.46. The van der Waals surface area contributed by atoms with Gasteiger partial charge in [0.05, 0.1) is 32.0 Å². The number of anilines is 1. The van der Waals surface area contributed by atoms with Gasteiger partial charge in [-0.25, -0.2) is 4.39 Å². The van der Waals surface area contributed by atoms with Crippen molar-refractivity contribution in [3.8, 4) is 17.2 Å². The topological polar surface area (TPSA) is 44.2 Å². The highest BCUT2D eigenvalue weighted by atomic mass is 19.1. The van der Waals surface area contributed by atoms with Crippen LogP contribution in [0.15, 0.2) is 30.3 Å². The van der Waals surface area contributed by atoms with E-state index < -0.39 is 0 Å². The molecule has 0 fully saturated rings. The van der Waals surface area contributed by atoms with E-state index in [0.717, 1.165) is 29.8 Å². The summed E-state index contributed by atoms with van der Waals surface area (Å²) >= 11 is 0. The van der Waals surface area contributed by atoms with Crippen molar-refractivity contribution >= 4 is 5.69 Å². The molecule has 2 aliphatic rings. The number of methoxy groups -OCH3 is 1. The molecule has 2 N–H and O–H groups in total. The predicted molar refractivity (Wildman–Crippen MR) is 87.3 cm³/mol. The molecule has 5 nitrogen and oxygen atoms in total. The fourth-order valence-electron chi connectivity index (χ4n) is 3.46. The summed E-state index contributed by atoms with van der Waals surface area (Å²) in [6.07, 6.45) is 0.777. The Morgan fingerprint density at radius 1 is 1.29 bits per heavy atom. The number of para-hydroxylation sites is 1. The minimum Gasteiger partial charge on any atom is -0.492 e. The van der Waals surface area contributed by atoms with Gasteiger partial charge in [0.25, 0.3) is 0 Å². The van der Waals surface area contributed by atoms with Crippen LogP contribution in [0.5, 0.6) is 17.2 Å². The van der Waals surface area contributed by atoms with Crippen LogP contribution in [0.1, 0.15) is 17.3 Å². The van der Waals surface area contributed by atoms with Crippen molar-refractivity contribution in [1.29, 1.82) is 0 Å². The first-order valence-corrected chi connectivity index (χ1v) is 8.01. The van der Waals surface area contributed by atoms with E-state index in [9.17, 15) is 4.39 Å². The van der Waals surface area contributed by atoms with Crippen LogP contribution in [0.2, 0.25) is 0 Å². The highest BCUT2D eigenvalue weighted by Gasteiger charge is 2.36. The zero-order valence-corrected chi connectivity index (χ0v) is 13.7. The second kappa shape index (κ2) is 5.87. The molecular formula is C18H20FN2O3+. The third kappa shape index (κ3) is 2.34. The number of rotatable bonds is 3. The van der Waals surface area contributed by atoms with Gasteiger partial charge in [0.1, 0.15) is 5.82 Å². The molecule has 2 heterocycles. The highest BCUT2D eigenvalue weighted by molar-refractivity contribution is 5.62. The van der Waals surface area contributed by atoms with Gasteiger partial charge in [0.2, 0.25) is 12.5 Å². The standard InChI is InChI=1S/C18H19FN2O3/c1-21-8-7-11-9-14-16(24-10-23-14)17(22-2)15(11)18(21)20-13-6-4-3-5-12(13)19/h3-6,9,18,20H,7-8,10H2,1-2H3/p+1/t18-/m1/s1. The molecule has 24 heavy (non-hydrogen) atoms. The van der Waals surface area contributed by atoms with Crippen molar-refractivity contribution in [3.05, 3.63) is 47.3 Å². The van der Waals surface area contributed by atoms with E-state index in [0.29, 0.717) is 17.2 Å². The van der Waals surface area contributed by atoms with Crippen LogP contribution >= 0.6 is 0 Å². The number of halogens is 1. The normalized spacial score (nSPS) is 21.3. The molecule has 126 valence electrons. The molecule has 0 aliphatic carbocycles. The summed E-state index contributed by atoms with van der Waals surface area (Å²) in [6, 6.07) is 8.73. The second-order valence-corrected chi connectivity index (χ2v) is 6.12. The van der Waals surface area contributed by atoms with Crippen LogP contribution < -0.4 is 24.4 Å². The SMILES string of the molecule is COc1c2c(cc3c1[C@H](Nc1ccccc1F)[NH+](C)CC3)OCO2. The summed E-state index contributed by atoms with van der Waals surface area (Å²) in [5, 5.41) is 3.33. The first kappa shape index (κ1) is 15.1. The van der Waals surface area contributed by atoms with Gasteiger partial charge >= 0.3 is 0 Å². The maximum atomic E-state index is 14.1. The number of hydrogen-bond acceptors (Lipinski definition) is 4. The van der Waals surface area contributed by atoms with Crippen LogP contribution in [0.4, 0.5) is 10.1 Å². The Morgan fingerprint density at radius 3 is 2.92 bits per heavy atom. The quantitative estimate of drug-likeness (QED) is 0.899. The van der Waals surface area contributed by atoms with Gasteiger partial charge in [0.15, 0.2) is 17.7 Å². The molecule has 0 aromatic heterocycles. The molecule has 0 radical (unpaired) electrons. The Kier molecular flexibility index (Phi) is 3.69. The van der Waals surface area contributed by atoms with Crippen molar-refractivity contribution < 1.29 is 23.5 Å². The van der Waals surface area contributed by atoms with Crippen molar-refractivity contribution in [3.63, 3.8) is 0 Å². The van der Waals surface area contributed by atoms with Gasteiger partial charge in [-0.1, -0.05) is 12.1 Å². The fraction of sp³-hybridized carbons (Fsp3) is 0.333. The van der Waals surface area contributed by atoms with Gasteiger partial charge in [-0.05, 0) is 23.8 Å². The Hall–Kier alpha value is -2.47. The van der Waals surface area contributed by atoms with Crippen LogP contribution in [0.25, 0.3) is 0 Å². The van der Waals surface area contributed by atoms with Crippen molar-refractivity contribution in [2.45, 2.75) is 12.6 Å². The van der Waals surface area contributed by atoms with Gasteiger partial charge < -0.3 is 24.4 Å². The Bertz CT molecular complexity index is 781. The Morgan fingerprint density at radius 2 is 2.12 bits per heavy atom. The molecular weight excluding hydrogens is 311 g/mol. The summed E-state index contributed by atoms with van der Waals surface area (Å²) in [4.78, 5) is 1.24. The minimum absolute atomic E-state index is 0.130. The molecule has 0 saturated carbocycles. The summed E-state index contributed by atoms with van der Waals surface area (Å²) in [7, 11) is 3.72. The number of fused-ring (bicyclic) bond motifs is 2. The Balaban J connectivity index is 1.81. The lowest BCUT2D eigenvalue weighted by Gasteiger charge is -2.33. The van der Waals surface area contributed by atoms with E-state index in [2.05, 4.69) is 12.4 Å². The van der Waals surface area contributed by atoms with Crippen molar-refractivity contribution in [2.75, 3.05) is 32.8 Å². The minimum atomic E-state index is -0.267. The first-order valence-electron chi connectivity index (χ1n) is 8.01. The highest BCUT2D eigenvalue weighted by Crippen LogP contribution is 2.47. The number of nitrogens with one attached hydrogen (secondary N) is 2. The van der Waals surface area contributed by atoms with E-state index in [1.165, 1.54) is 11.0 Å². The second-order valence-electron chi connectivity index (χ2n) is 6.12. The third-order valence-corrected chi connectivity index (χ3v) is 4.69. The van der Waals surface area contributed by atoms with Crippen LogP contribution in [-0.4, -0.2) is 27.5 Å². The lowest BCUT2D eigenvalue weighted by molar-refractivity contribution is -0.910. The molecule has 2 aromatic carbocycles. The number of benzene rings is 2. The molecule has 0 bridgehead atoms. The Labute approximate surface area is 139 Å². The lowest BCUT2D eigenvalue weighted by Crippen LogP contribution is -3.11. The average Bonchev–Trinajstić information content (AvgIpc) is 3.05. The van der Waals surface area contributed by atoms with Gasteiger partial charge in [-0.15, -0.1) is 0 Å². The summed E-state index contributed by atoms with van der Waals surface area (Å²) in [5.41, 5.74) is 2.64. The molecule has 2 atom stereocenters. The molecule has 0 spiro atoms. The summed E-state index contributed by atoms with van der Waals surface area (Å²) in [6.45, 7) is 1.13. The molecule has 0 amide bonds. The van der Waals surface area contributed by atoms with E-state index in [1.807, 2.05) is 12.1 Å². The zero-order chi connectivity index (χ0) is 16.7. The maximum absolute atomic E-state index is 14.1. The third-order valence-electron chi connectivity index (χ3n) is 4.69.